The number of aromatic nitrogens is 1. The number of nitrogens with zero attached hydrogens (tertiary/aromatic N) is 1. The lowest BCUT2D eigenvalue weighted by Crippen LogP contribution is -1.94. The van der Waals surface area contributed by atoms with E-state index < -0.39 is 0 Å². The summed E-state index contributed by atoms with van der Waals surface area (Å²) >= 11 is 11.9. The van der Waals surface area contributed by atoms with Crippen LogP contribution in [0, 0.1) is 0 Å². The third-order valence-electron chi connectivity index (χ3n) is 2.92. The van der Waals surface area contributed by atoms with E-state index in [2.05, 4.69) is 36.2 Å². The molecule has 0 unspecified atom stereocenters. The molecular weight excluding hydrogens is 253 g/mol. The zero-order valence-electron chi connectivity index (χ0n) is 9.84. The van der Waals surface area contributed by atoms with Crippen LogP contribution in [-0.4, -0.2) is 10.9 Å². The van der Waals surface area contributed by atoms with E-state index in [4.69, 9.17) is 23.2 Å². The van der Waals surface area contributed by atoms with E-state index in [9.17, 15) is 0 Å². The van der Waals surface area contributed by atoms with E-state index in [1.165, 1.54) is 10.9 Å². The van der Waals surface area contributed by atoms with Crippen molar-refractivity contribution in [2.75, 3.05) is 5.88 Å². The maximum Gasteiger partial charge on any atom is 0.132 e. The highest BCUT2D eigenvalue weighted by atomic mass is 35.5. The van der Waals surface area contributed by atoms with Crippen LogP contribution < -0.4 is 0 Å². The fourth-order valence-electron chi connectivity index (χ4n) is 2.00. The number of fused-ring (bicyclic) bond motifs is 1. The number of pyridine rings is 1. The van der Waals surface area contributed by atoms with Crippen molar-refractivity contribution in [2.24, 2.45) is 0 Å². The third-order valence-corrected chi connectivity index (χ3v) is 3.51. The predicted octanol–water partition coefficient (Wildman–Crippen LogP) is 4.62. The van der Waals surface area contributed by atoms with Crippen molar-refractivity contribution in [1.29, 1.82) is 0 Å². The zero-order valence-corrected chi connectivity index (χ0v) is 11.4. The van der Waals surface area contributed by atoms with Gasteiger partial charge in [-0.2, -0.15) is 0 Å². The minimum Gasteiger partial charge on any atom is -0.236 e. The molecule has 1 aromatic heterocycles. The second-order valence-electron chi connectivity index (χ2n) is 4.07. The normalized spacial score (nSPS) is 11.0. The fraction of sp³-hybridized carbons (Fsp3) is 0.357. The van der Waals surface area contributed by atoms with Gasteiger partial charge in [0, 0.05) is 11.3 Å². The van der Waals surface area contributed by atoms with Crippen molar-refractivity contribution in [3.8, 4) is 0 Å². The van der Waals surface area contributed by atoms with Gasteiger partial charge in [-0.15, -0.1) is 11.6 Å². The highest BCUT2D eigenvalue weighted by Crippen LogP contribution is 2.24. The molecule has 2 rings (SSSR count). The molecule has 0 spiro atoms. The summed E-state index contributed by atoms with van der Waals surface area (Å²) in [6.45, 7) is 2.13. The van der Waals surface area contributed by atoms with Crippen LogP contribution in [0.2, 0.25) is 5.15 Å². The number of halogens is 2. The van der Waals surface area contributed by atoms with Gasteiger partial charge in [-0.05, 0) is 36.5 Å². The lowest BCUT2D eigenvalue weighted by molar-refractivity contribution is 0.924. The largest absolute Gasteiger partial charge is 0.236 e. The van der Waals surface area contributed by atoms with Crippen LogP contribution in [0.15, 0.2) is 24.3 Å². The maximum absolute atomic E-state index is 6.21. The van der Waals surface area contributed by atoms with Crippen molar-refractivity contribution >= 4 is 34.1 Å². The van der Waals surface area contributed by atoms with E-state index in [0.717, 1.165) is 30.3 Å². The Bertz CT molecular complexity index is 523. The Hall–Kier alpha value is -0.790. The Kier molecular flexibility index (Phi) is 4.25. The van der Waals surface area contributed by atoms with Gasteiger partial charge in [0.2, 0.25) is 0 Å². The number of para-hydroxylation sites is 1. The summed E-state index contributed by atoms with van der Waals surface area (Å²) in [5.41, 5.74) is 3.36. The molecular formula is C14H15Cl2N. The topological polar surface area (TPSA) is 12.9 Å². The molecule has 0 N–H and O–H groups in total. The van der Waals surface area contributed by atoms with Gasteiger partial charge in [-0.25, -0.2) is 4.98 Å². The van der Waals surface area contributed by atoms with Gasteiger partial charge in [-0.3, -0.25) is 0 Å². The summed E-state index contributed by atoms with van der Waals surface area (Å²) in [7, 11) is 0. The summed E-state index contributed by atoms with van der Waals surface area (Å²) in [6, 6.07) is 8.39. The zero-order chi connectivity index (χ0) is 12.3. The Balaban J connectivity index is 2.50. The van der Waals surface area contributed by atoms with Crippen molar-refractivity contribution in [2.45, 2.75) is 26.2 Å². The van der Waals surface area contributed by atoms with Gasteiger partial charge >= 0.3 is 0 Å². The standard InChI is InChI=1S/C14H15Cl2N/c1-2-10-5-3-6-11-9-12(7-4-8-15)14(16)17-13(10)11/h3,5-6,9H,2,4,7-8H2,1H3. The van der Waals surface area contributed by atoms with E-state index in [-0.39, 0.29) is 0 Å². The van der Waals surface area contributed by atoms with E-state index >= 15 is 0 Å². The molecule has 0 atom stereocenters. The van der Waals surface area contributed by atoms with Gasteiger partial charge in [0.25, 0.3) is 0 Å². The lowest BCUT2D eigenvalue weighted by atomic mass is 10.0. The Morgan fingerprint density at radius 2 is 2.06 bits per heavy atom. The number of hydrogen-bond acceptors (Lipinski definition) is 1. The molecule has 1 heterocycles. The molecule has 0 saturated carbocycles. The average molecular weight is 268 g/mol. The molecule has 0 aliphatic heterocycles. The summed E-state index contributed by atoms with van der Waals surface area (Å²) < 4.78 is 0. The molecule has 0 saturated heterocycles. The smallest absolute Gasteiger partial charge is 0.132 e. The Morgan fingerprint density at radius 1 is 1.24 bits per heavy atom. The number of alkyl halides is 1. The molecule has 1 nitrogen and oxygen atoms in total. The van der Waals surface area contributed by atoms with Gasteiger partial charge in [0.15, 0.2) is 0 Å². The van der Waals surface area contributed by atoms with Gasteiger partial charge in [-0.1, -0.05) is 36.7 Å². The predicted molar refractivity (Wildman–Crippen MR) is 75.2 cm³/mol. The molecule has 0 radical (unpaired) electrons. The second-order valence-corrected chi connectivity index (χ2v) is 4.81. The van der Waals surface area contributed by atoms with Crippen molar-refractivity contribution < 1.29 is 0 Å². The first kappa shape index (κ1) is 12.7. The Labute approximate surface area is 112 Å². The lowest BCUT2D eigenvalue weighted by Gasteiger charge is -2.08. The Morgan fingerprint density at radius 3 is 2.76 bits per heavy atom. The molecule has 3 heteroatoms. The molecule has 2 aromatic rings. The monoisotopic (exact) mass is 267 g/mol. The van der Waals surface area contributed by atoms with Crippen LogP contribution in [0.3, 0.4) is 0 Å². The average Bonchev–Trinajstić information content (AvgIpc) is 2.35. The number of aryl methyl sites for hydroxylation is 2. The number of rotatable bonds is 4. The first-order valence-electron chi connectivity index (χ1n) is 5.89. The third kappa shape index (κ3) is 2.72. The SMILES string of the molecule is CCc1cccc2cc(CCCCl)c(Cl)nc12. The first-order valence-corrected chi connectivity index (χ1v) is 6.80. The van der Waals surface area contributed by atoms with E-state index in [1.807, 2.05) is 0 Å². The highest BCUT2D eigenvalue weighted by Gasteiger charge is 2.07. The van der Waals surface area contributed by atoms with Crippen LogP contribution >= 0.6 is 23.2 Å². The van der Waals surface area contributed by atoms with Gasteiger partial charge < -0.3 is 0 Å². The van der Waals surface area contributed by atoms with Gasteiger partial charge in [0.1, 0.15) is 5.15 Å². The second kappa shape index (κ2) is 5.70. The van der Waals surface area contributed by atoms with Crippen molar-refractivity contribution in [1.82, 2.24) is 4.98 Å². The van der Waals surface area contributed by atoms with Crippen molar-refractivity contribution in [3.63, 3.8) is 0 Å². The molecule has 0 aliphatic carbocycles. The van der Waals surface area contributed by atoms with Gasteiger partial charge in [0.05, 0.1) is 5.52 Å². The number of benzene rings is 1. The molecule has 90 valence electrons. The number of hydrogen-bond donors (Lipinski definition) is 0. The molecule has 17 heavy (non-hydrogen) atoms. The molecule has 0 bridgehead atoms. The molecule has 0 amide bonds. The summed E-state index contributed by atoms with van der Waals surface area (Å²) in [6.07, 6.45) is 2.80. The molecule has 0 fully saturated rings. The quantitative estimate of drug-likeness (QED) is 0.582. The summed E-state index contributed by atoms with van der Waals surface area (Å²) in [5.74, 6) is 0.656. The molecule has 1 aromatic carbocycles. The summed E-state index contributed by atoms with van der Waals surface area (Å²) in [5, 5.41) is 1.78. The maximum atomic E-state index is 6.21. The van der Waals surface area contributed by atoms with E-state index in [1.54, 1.807) is 0 Å². The van der Waals surface area contributed by atoms with Crippen LogP contribution in [-0.2, 0) is 12.8 Å². The highest BCUT2D eigenvalue weighted by molar-refractivity contribution is 6.30. The van der Waals surface area contributed by atoms with Crippen LogP contribution in [0.4, 0.5) is 0 Å². The first-order chi connectivity index (χ1) is 8.26. The fourth-order valence-corrected chi connectivity index (χ4v) is 2.37. The minimum absolute atomic E-state index is 0.614. The van der Waals surface area contributed by atoms with Crippen LogP contribution in [0.25, 0.3) is 10.9 Å². The van der Waals surface area contributed by atoms with Crippen molar-refractivity contribution in [3.05, 3.63) is 40.5 Å². The van der Waals surface area contributed by atoms with Crippen LogP contribution in [0.5, 0.6) is 0 Å². The van der Waals surface area contributed by atoms with E-state index in [0.29, 0.717) is 11.0 Å². The minimum atomic E-state index is 0.614. The molecule has 0 aliphatic rings. The summed E-state index contributed by atoms with van der Waals surface area (Å²) in [4.78, 5) is 4.52. The van der Waals surface area contributed by atoms with Crippen LogP contribution in [0.1, 0.15) is 24.5 Å².